The summed E-state index contributed by atoms with van der Waals surface area (Å²) >= 11 is 0. The third-order valence-corrected chi connectivity index (χ3v) is 4.79. The van der Waals surface area contributed by atoms with Crippen LogP contribution in [0.15, 0.2) is 46.1 Å². The van der Waals surface area contributed by atoms with Gasteiger partial charge in [0.2, 0.25) is 21.7 Å². The lowest BCUT2D eigenvalue weighted by Crippen LogP contribution is -2.26. The Morgan fingerprint density at radius 1 is 1.27 bits per heavy atom. The van der Waals surface area contributed by atoms with Gasteiger partial charge in [-0.05, 0) is 12.1 Å². The fraction of sp³-hybridized carbons (Fsp3) is 0.214. The first kappa shape index (κ1) is 18.1. The molecule has 0 saturated carbocycles. The van der Waals surface area contributed by atoms with E-state index in [-0.39, 0.29) is 11.7 Å². The summed E-state index contributed by atoms with van der Waals surface area (Å²) in [4.78, 5) is 3.11. The van der Waals surface area contributed by atoms with Crippen LogP contribution in [0.3, 0.4) is 0 Å². The average molecular weight is 387 g/mol. The molecule has 0 bridgehead atoms. The van der Waals surface area contributed by atoms with Crippen molar-refractivity contribution in [3.63, 3.8) is 0 Å². The summed E-state index contributed by atoms with van der Waals surface area (Å²) in [6.45, 7) is -0.457. The van der Waals surface area contributed by atoms with E-state index in [9.17, 15) is 21.6 Å². The van der Waals surface area contributed by atoms with Crippen LogP contribution in [0.25, 0.3) is 11.4 Å². The maximum atomic E-state index is 13.0. The van der Waals surface area contributed by atoms with Crippen LogP contribution in [-0.4, -0.2) is 28.3 Å². The summed E-state index contributed by atoms with van der Waals surface area (Å²) in [7, 11) is -2.75. The molecule has 3 rings (SSSR count). The van der Waals surface area contributed by atoms with Crippen LogP contribution in [0.5, 0.6) is 0 Å². The molecule has 0 radical (unpaired) electrons. The van der Waals surface area contributed by atoms with E-state index in [0.717, 1.165) is 12.1 Å². The Kier molecular flexibility index (Phi) is 4.54. The second-order valence-corrected chi connectivity index (χ2v) is 6.97. The van der Waals surface area contributed by atoms with Crippen molar-refractivity contribution < 1.29 is 26.1 Å². The van der Waals surface area contributed by atoms with Gasteiger partial charge in [-0.25, -0.2) is 13.1 Å². The molecule has 26 heavy (non-hydrogen) atoms. The molecule has 0 aliphatic heterocycles. The summed E-state index contributed by atoms with van der Waals surface area (Å²) < 4.78 is 71.9. The van der Waals surface area contributed by atoms with Gasteiger partial charge in [0, 0.05) is 13.2 Å². The third-order valence-electron chi connectivity index (χ3n) is 3.33. The van der Waals surface area contributed by atoms with Crippen molar-refractivity contribution in [3.8, 4) is 11.4 Å². The SMILES string of the molecule is Cn1cc(-c2noc(CNS(=O)(=O)c3ccccc3C(F)(F)F)n2)cn1. The van der Waals surface area contributed by atoms with Gasteiger partial charge in [0.05, 0.1) is 28.8 Å². The largest absolute Gasteiger partial charge is 0.417 e. The summed E-state index contributed by atoms with van der Waals surface area (Å²) in [5.74, 6) is 0.0832. The maximum absolute atomic E-state index is 13.0. The second-order valence-electron chi connectivity index (χ2n) is 5.23. The van der Waals surface area contributed by atoms with Crippen molar-refractivity contribution in [1.82, 2.24) is 24.6 Å². The van der Waals surface area contributed by atoms with Crippen LogP contribution in [0.1, 0.15) is 11.5 Å². The zero-order chi connectivity index (χ0) is 18.9. The number of hydrogen-bond donors (Lipinski definition) is 1. The molecule has 2 aromatic heterocycles. The molecule has 0 amide bonds. The molecule has 0 aliphatic rings. The van der Waals surface area contributed by atoms with Crippen molar-refractivity contribution in [2.24, 2.45) is 7.05 Å². The molecule has 1 N–H and O–H groups in total. The van der Waals surface area contributed by atoms with E-state index in [1.807, 2.05) is 4.72 Å². The lowest BCUT2D eigenvalue weighted by Gasteiger charge is -2.12. The average Bonchev–Trinajstić information content (AvgIpc) is 3.21. The molecule has 0 spiro atoms. The Labute approximate surface area is 145 Å². The predicted molar refractivity (Wildman–Crippen MR) is 82.0 cm³/mol. The van der Waals surface area contributed by atoms with Crippen LogP contribution in [0.2, 0.25) is 0 Å². The first-order valence-electron chi connectivity index (χ1n) is 7.14. The van der Waals surface area contributed by atoms with Gasteiger partial charge in [-0.15, -0.1) is 0 Å². The van der Waals surface area contributed by atoms with E-state index in [4.69, 9.17) is 4.52 Å². The zero-order valence-corrected chi connectivity index (χ0v) is 14.0. The highest BCUT2D eigenvalue weighted by Crippen LogP contribution is 2.33. The number of rotatable bonds is 5. The van der Waals surface area contributed by atoms with Crippen LogP contribution in [0, 0.1) is 0 Å². The van der Waals surface area contributed by atoms with Crippen molar-refractivity contribution in [1.29, 1.82) is 0 Å². The number of hydrogen-bond acceptors (Lipinski definition) is 6. The fourth-order valence-electron chi connectivity index (χ4n) is 2.15. The summed E-state index contributed by atoms with van der Waals surface area (Å²) in [5, 5.41) is 7.61. The Morgan fingerprint density at radius 3 is 2.65 bits per heavy atom. The minimum atomic E-state index is -4.80. The predicted octanol–water partition coefficient (Wildman–Crippen LogP) is 1.97. The van der Waals surface area contributed by atoms with Gasteiger partial charge in [0.15, 0.2) is 0 Å². The monoisotopic (exact) mass is 387 g/mol. The van der Waals surface area contributed by atoms with E-state index in [1.165, 1.54) is 16.9 Å². The standard InChI is InChI=1S/C14H12F3N5O3S/c1-22-8-9(6-18-22)13-20-12(25-21-13)7-19-26(23,24)11-5-3-2-4-10(11)14(15,16)17/h2-6,8,19H,7H2,1H3. The fourth-order valence-corrected chi connectivity index (χ4v) is 3.35. The molecule has 0 saturated heterocycles. The molecular weight excluding hydrogens is 375 g/mol. The van der Waals surface area contributed by atoms with E-state index in [1.54, 1.807) is 13.2 Å². The number of sulfonamides is 1. The molecule has 0 aliphatic carbocycles. The second kappa shape index (κ2) is 6.53. The molecule has 3 aromatic rings. The maximum Gasteiger partial charge on any atom is 0.417 e. The molecule has 12 heteroatoms. The number of nitrogens with zero attached hydrogens (tertiary/aromatic N) is 4. The van der Waals surface area contributed by atoms with Gasteiger partial charge in [0.1, 0.15) is 0 Å². The summed E-state index contributed by atoms with van der Waals surface area (Å²) in [6.07, 6.45) is -1.69. The summed E-state index contributed by atoms with van der Waals surface area (Å²) in [6, 6.07) is 3.89. The van der Waals surface area contributed by atoms with Crippen molar-refractivity contribution in [2.45, 2.75) is 17.6 Å². The minimum Gasteiger partial charge on any atom is -0.338 e. The lowest BCUT2D eigenvalue weighted by atomic mass is 10.2. The van der Waals surface area contributed by atoms with Crippen LogP contribution in [0.4, 0.5) is 13.2 Å². The molecule has 138 valence electrons. The Balaban J connectivity index is 1.79. The molecule has 0 fully saturated rings. The van der Waals surface area contributed by atoms with E-state index in [0.29, 0.717) is 11.6 Å². The smallest absolute Gasteiger partial charge is 0.338 e. The highest BCUT2D eigenvalue weighted by Gasteiger charge is 2.36. The zero-order valence-electron chi connectivity index (χ0n) is 13.2. The highest BCUT2D eigenvalue weighted by atomic mass is 32.2. The number of aromatic nitrogens is 4. The topological polar surface area (TPSA) is 103 Å². The highest BCUT2D eigenvalue weighted by molar-refractivity contribution is 7.89. The Bertz CT molecular complexity index is 1030. The van der Waals surface area contributed by atoms with Gasteiger partial charge >= 0.3 is 6.18 Å². The Morgan fingerprint density at radius 2 is 2.00 bits per heavy atom. The van der Waals surface area contributed by atoms with Crippen molar-refractivity contribution in [2.75, 3.05) is 0 Å². The normalized spacial score (nSPS) is 12.5. The molecule has 8 nitrogen and oxygen atoms in total. The minimum absolute atomic E-state index is 0.100. The van der Waals surface area contributed by atoms with Crippen molar-refractivity contribution >= 4 is 10.0 Å². The van der Waals surface area contributed by atoms with Gasteiger partial charge in [-0.2, -0.15) is 23.3 Å². The molecular formula is C14H12F3N5O3S. The molecule has 0 unspecified atom stereocenters. The first-order chi connectivity index (χ1) is 12.2. The Hall–Kier alpha value is -2.73. The number of halogens is 3. The first-order valence-corrected chi connectivity index (χ1v) is 8.62. The van der Waals surface area contributed by atoms with Crippen LogP contribution < -0.4 is 4.72 Å². The third kappa shape index (κ3) is 3.75. The number of nitrogens with one attached hydrogen (secondary N) is 1. The van der Waals surface area contributed by atoms with Gasteiger partial charge in [0.25, 0.3) is 0 Å². The number of benzene rings is 1. The summed E-state index contributed by atoms with van der Waals surface area (Å²) in [5.41, 5.74) is -0.707. The molecule has 0 atom stereocenters. The van der Waals surface area contributed by atoms with Crippen LogP contribution in [-0.2, 0) is 29.8 Å². The molecule has 2 heterocycles. The van der Waals surface area contributed by atoms with E-state index in [2.05, 4.69) is 15.2 Å². The molecule has 1 aromatic carbocycles. The lowest BCUT2D eigenvalue weighted by molar-refractivity contribution is -0.139. The quantitative estimate of drug-likeness (QED) is 0.718. The van der Waals surface area contributed by atoms with Gasteiger partial charge in [-0.3, -0.25) is 4.68 Å². The van der Waals surface area contributed by atoms with E-state index < -0.39 is 33.2 Å². The van der Waals surface area contributed by atoms with E-state index >= 15 is 0 Å². The van der Waals surface area contributed by atoms with Gasteiger partial charge in [-0.1, -0.05) is 17.3 Å². The van der Waals surface area contributed by atoms with Gasteiger partial charge < -0.3 is 4.52 Å². The number of aryl methyl sites for hydroxylation is 1. The number of alkyl halides is 3. The van der Waals surface area contributed by atoms with Crippen molar-refractivity contribution in [3.05, 3.63) is 48.1 Å². The van der Waals surface area contributed by atoms with Crippen LogP contribution >= 0.6 is 0 Å².